The van der Waals surface area contributed by atoms with Gasteiger partial charge in [0, 0.05) is 0 Å². The van der Waals surface area contributed by atoms with Crippen LogP contribution < -0.4 is 3.27 Å². The molecule has 5 rings (SSSR count). The van der Waals surface area contributed by atoms with Crippen LogP contribution in [0.3, 0.4) is 0 Å². The molecule has 0 bridgehead atoms. The molecule has 3 aromatic rings. The Bertz CT molecular complexity index is 1190. The van der Waals surface area contributed by atoms with Gasteiger partial charge in [-0.05, 0) is 0 Å². The van der Waals surface area contributed by atoms with Crippen molar-refractivity contribution >= 4 is 26.4 Å². The van der Waals surface area contributed by atoms with E-state index < -0.39 is 17.9 Å². The summed E-state index contributed by atoms with van der Waals surface area (Å²) in [5, 5.41) is 0. The number of hydrogen-bond acceptors (Lipinski definition) is 0. The van der Waals surface area contributed by atoms with Crippen molar-refractivity contribution in [3.63, 3.8) is 0 Å². The van der Waals surface area contributed by atoms with E-state index in [-0.39, 0.29) is 3.12 Å². The van der Waals surface area contributed by atoms with Crippen LogP contribution in [0, 0.1) is 12.3 Å². The van der Waals surface area contributed by atoms with Crippen molar-refractivity contribution in [3.05, 3.63) is 95.1 Å². The molecule has 1 unspecified atom stereocenters. The van der Waals surface area contributed by atoms with Gasteiger partial charge >= 0.3 is 185 Å². The molecule has 0 nitrogen and oxygen atoms in total. The van der Waals surface area contributed by atoms with Crippen molar-refractivity contribution in [3.8, 4) is 23.5 Å². The Labute approximate surface area is 184 Å². The Hall–Kier alpha value is -1.58. The Balaban J connectivity index is 1.70. The molecule has 1 atom stereocenters. The van der Waals surface area contributed by atoms with Gasteiger partial charge in [0.2, 0.25) is 0 Å². The first kappa shape index (κ1) is 19.4. The van der Waals surface area contributed by atoms with Crippen molar-refractivity contribution in [2.75, 3.05) is 0 Å². The van der Waals surface area contributed by atoms with Crippen molar-refractivity contribution < 1.29 is 17.9 Å². The molecular weight excluding hydrogens is 474 g/mol. The molecule has 2 aliphatic carbocycles. The third kappa shape index (κ3) is 2.85. The Morgan fingerprint density at radius 1 is 0.931 bits per heavy atom. The first-order chi connectivity index (χ1) is 14.1. The van der Waals surface area contributed by atoms with E-state index in [0.717, 1.165) is 12.8 Å². The number of halogens is 2. The second kappa shape index (κ2) is 7.28. The quantitative estimate of drug-likeness (QED) is 0.278. The maximum absolute atomic E-state index is 7.57. The molecule has 0 radical (unpaired) electrons. The third-order valence-electron chi connectivity index (χ3n) is 6.40. The Morgan fingerprint density at radius 3 is 2.55 bits per heavy atom. The van der Waals surface area contributed by atoms with Crippen molar-refractivity contribution in [2.24, 2.45) is 0 Å². The molecule has 29 heavy (non-hydrogen) atoms. The van der Waals surface area contributed by atoms with Crippen LogP contribution >= 0.6 is 17.0 Å². The molecule has 0 aromatic heterocycles. The normalized spacial score (nSPS) is 18.8. The van der Waals surface area contributed by atoms with Gasteiger partial charge in [-0.1, -0.05) is 0 Å². The van der Waals surface area contributed by atoms with Gasteiger partial charge in [-0.3, -0.25) is 0 Å². The average Bonchev–Trinajstić information content (AvgIpc) is 3.31. The van der Waals surface area contributed by atoms with E-state index in [9.17, 15) is 0 Å². The monoisotopic (exact) mass is 492 g/mol. The van der Waals surface area contributed by atoms with Gasteiger partial charge in [0.15, 0.2) is 0 Å². The van der Waals surface area contributed by atoms with Gasteiger partial charge < -0.3 is 0 Å². The van der Waals surface area contributed by atoms with Crippen LogP contribution in [-0.4, -0.2) is 0 Å². The summed E-state index contributed by atoms with van der Waals surface area (Å²) >= 11 is -3.98. The van der Waals surface area contributed by atoms with Gasteiger partial charge in [-0.2, -0.15) is 0 Å². The molecule has 142 valence electrons. The number of fused-ring (bicyclic) bond motifs is 4. The molecule has 0 spiro atoms. The Morgan fingerprint density at radius 2 is 1.69 bits per heavy atom. The summed E-state index contributed by atoms with van der Waals surface area (Å²) in [6, 6.07) is 23.6. The van der Waals surface area contributed by atoms with E-state index >= 15 is 0 Å². The zero-order valence-electron chi connectivity index (χ0n) is 16.0. The number of terminal acetylenes is 1. The fourth-order valence-electron chi connectivity index (χ4n) is 4.98. The third-order valence-corrected chi connectivity index (χ3v) is 20.1. The van der Waals surface area contributed by atoms with Gasteiger partial charge in [0.25, 0.3) is 0 Å². The first-order valence-electron chi connectivity index (χ1n) is 9.89. The topological polar surface area (TPSA) is 0 Å². The van der Waals surface area contributed by atoms with Crippen LogP contribution in [-0.2, 0) is 27.4 Å². The van der Waals surface area contributed by atoms with E-state index in [1.54, 1.807) is 0 Å². The summed E-state index contributed by atoms with van der Waals surface area (Å²) in [6.07, 6.45) is 12.5. The molecule has 2 aliphatic rings. The van der Waals surface area contributed by atoms with E-state index in [1.807, 2.05) is 0 Å². The second-order valence-electron chi connectivity index (χ2n) is 7.84. The molecule has 0 heterocycles. The average molecular weight is 495 g/mol. The molecule has 0 saturated heterocycles. The zero-order chi connectivity index (χ0) is 20.1. The summed E-state index contributed by atoms with van der Waals surface area (Å²) < 4.78 is 0.833. The summed E-state index contributed by atoms with van der Waals surface area (Å²) in [7, 11) is 15.1. The van der Waals surface area contributed by atoms with E-state index in [2.05, 4.69) is 84.8 Å². The van der Waals surface area contributed by atoms with E-state index in [4.69, 9.17) is 23.4 Å². The molecule has 0 aliphatic heterocycles. The first-order valence-corrected chi connectivity index (χ1v) is 18.7. The summed E-state index contributed by atoms with van der Waals surface area (Å²) in [6.45, 7) is 0. The molecular formula is C26H20Cl2Zr. The van der Waals surface area contributed by atoms with Crippen LogP contribution in [0.5, 0.6) is 0 Å². The SMILES string of the molecule is C#CCC[C]1([Zr]([Cl])([Cl])[c]2cccc3c2Cc2ccccc2-3)C=Cc2ccccc21. The molecule has 0 fully saturated rings. The fourth-order valence-corrected chi connectivity index (χ4v) is 16.7. The fraction of sp³-hybridized carbons (Fsp3) is 0.154. The summed E-state index contributed by atoms with van der Waals surface area (Å²) in [5.74, 6) is 2.82. The minimum absolute atomic E-state index is 0.356. The van der Waals surface area contributed by atoms with Crippen LogP contribution in [0.2, 0.25) is 0 Å². The van der Waals surface area contributed by atoms with Gasteiger partial charge in [-0.15, -0.1) is 0 Å². The standard InChI is InChI=1S/C13H9.C13H11.2ClH.Zr/c1-3-7-12-10(5-1)9-11-6-2-4-8-13(11)12;1-2-3-6-11-9-10-12-7-4-5-8-13(11)12;;;/h1-5,7-8H,9H2;1,4-5,7-10H,3,6H2;2*1H;/q;;;;+2/p-2. The van der Waals surface area contributed by atoms with Crippen LogP contribution in [0.4, 0.5) is 0 Å². The van der Waals surface area contributed by atoms with Crippen LogP contribution in [0.1, 0.15) is 35.1 Å². The predicted molar refractivity (Wildman–Crippen MR) is 121 cm³/mol. The van der Waals surface area contributed by atoms with Crippen molar-refractivity contribution in [2.45, 2.75) is 22.4 Å². The van der Waals surface area contributed by atoms with Crippen molar-refractivity contribution in [1.29, 1.82) is 0 Å². The molecule has 0 N–H and O–H groups in total. The minimum atomic E-state index is -3.98. The van der Waals surface area contributed by atoms with Crippen LogP contribution in [0.25, 0.3) is 17.2 Å². The van der Waals surface area contributed by atoms with E-state index in [0.29, 0.717) is 6.42 Å². The zero-order valence-corrected chi connectivity index (χ0v) is 19.9. The maximum atomic E-state index is 7.57. The number of benzene rings is 3. The van der Waals surface area contributed by atoms with Gasteiger partial charge in [-0.25, -0.2) is 0 Å². The predicted octanol–water partition coefficient (Wildman–Crippen LogP) is 6.68. The molecule has 0 saturated carbocycles. The molecule has 3 aromatic carbocycles. The van der Waals surface area contributed by atoms with E-state index in [1.165, 1.54) is 36.7 Å². The van der Waals surface area contributed by atoms with Gasteiger partial charge in [0.05, 0.1) is 0 Å². The number of rotatable bonds is 4. The number of allylic oxidation sites excluding steroid dienone is 1. The molecule has 3 heteroatoms. The summed E-state index contributed by atoms with van der Waals surface area (Å²) in [5.41, 5.74) is 7.70. The van der Waals surface area contributed by atoms with Crippen molar-refractivity contribution in [1.82, 2.24) is 0 Å². The number of hydrogen-bond donors (Lipinski definition) is 0. The van der Waals surface area contributed by atoms with Crippen LogP contribution in [0.15, 0.2) is 72.8 Å². The Kier molecular flexibility index (Phi) is 4.87. The van der Waals surface area contributed by atoms with Gasteiger partial charge in [0.1, 0.15) is 0 Å². The second-order valence-corrected chi connectivity index (χ2v) is 22.0. The molecule has 0 amide bonds. The summed E-state index contributed by atoms with van der Waals surface area (Å²) in [4.78, 5) is 0.